The van der Waals surface area contributed by atoms with Crippen LogP contribution in [0.1, 0.15) is 11.4 Å². The molecule has 4 aromatic carbocycles. The number of ether oxygens (including phenoxy) is 2. The third-order valence-electron chi connectivity index (χ3n) is 7.26. The summed E-state index contributed by atoms with van der Waals surface area (Å²) in [6.45, 7) is 3.94. The van der Waals surface area contributed by atoms with E-state index in [1.165, 1.54) is 43.3 Å². The van der Waals surface area contributed by atoms with Crippen molar-refractivity contribution in [2.24, 2.45) is 0 Å². The summed E-state index contributed by atoms with van der Waals surface area (Å²) in [5.74, 6) is 1.22. The number of methoxy groups -OCH3 is 2. The predicted octanol–water partition coefficient (Wildman–Crippen LogP) is 6.44. The number of benzene rings is 4. The van der Waals surface area contributed by atoms with Crippen LogP contribution < -0.4 is 30.7 Å². The topological polar surface area (TPSA) is 44.2 Å². The van der Waals surface area contributed by atoms with Gasteiger partial charge >= 0.3 is 0 Å². The molecule has 0 fully saturated rings. The Labute approximate surface area is 545 Å². The molecule has 0 N–H and O–H groups in total. The summed E-state index contributed by atoms with van der Waals surface area (Å²) in [4.78, 5) is 8.90. The van der Waals surface area contributed by atoms with E-state index in [9.17, 15) is 0 Å². The normalized spacial score (nSPS) is 9.12. The molecule has 0 aliphatic rings. The van der Waals surface area contributed by atoms with Gasteiger partial charge < -0.3 is 9.47 Å². The van der Waals surface area contributed by atoms with E-state index in [0.717, 1.165) is 33.1 Å². The summed E-state index contributed by atoms with van der Waals surface area (Å²) in [6, 6.07) is 29.8. The standard InChI is InChI=1S/C20H16P2.C14H18N2O2P2.8Ar/c21-17-11-9-13-5-1-3-7-15(13)19(17)20-16-8-4-2-6-14(16)10-12-18(20)22;1-7-13(9(19)5-11(15-7)17-3)14-8(2)16-12(18-4)6-10(14)20;;;;;;;;/h1-12H,21-22H2;5-6H,19-20H2,1-4H3;;;;;;;;. The first-order valence-corrected chi connectivity index (χ1v) is 15.7. The van der Waals surface area contributed by atoms with E-state index in [2.05, 4.69) is 120 Å². The van der Waals surface area contributed by atoms with Crippen LogP contribution in [0.4, 0.5) is 0 Å². The molecule has 0 saturated heterocycles. The molecular weight excluding hydrogens is 912 g/mol. The van der Waals surface area contributed by atoms with Gasteiger partial charge in [-0.15, -0.1) is 37.0 Å². The zero-order chi connectivity index (χ0) is 30.0. The second-order valence-electron chi connectivity index (χ2n) is 9.93. The molecule has 276 valence electrons. The zero-order valence-corrected chi connectivity index (χ0v) is 37.2. The van der Waals surface area contributed by atoms with Gasteiger partial charge in [0.15, 0.2) is 0 Å². The first kappa shape index (κ1) is 63.7. The molecule has 50 heavy (non-hydrogen) atoms. The van der Waals surface area contributed by atoms with Crippen molar-refractivity contribution in [3.8, 4) is 34.0 Å². The Balaban J connectivity index is -0.000000366. The molecule has 4 unspecified atom stereocenters. The Hall–Kier alpha value is 7.10. The first-order valence-electron chi connectivity index (χ1n) is 13.4. The number of rotatable bonds is 4. The van der Waals surface area contributed by atoms with E-state index in [-0.39, 0.29) is 302 Å². The van der Waals surface area contributed by atoms with E-state index in [0.29, 0.717) is 11.8 Å². The monoisotopic (exact) mass is 946 g/mol. The van der Waals surface area contributed by atoms with Crippen LogP contribution in [0.3, 0.4) is 0 Å². The van der Waals surface area contributed by atoms with Crippen molar-refractivity contribution in [3.05, 3.63) is 96.3 Å². The molecule has 2 heterocycles. The van der Waals surface area contributed by atoms with E-state index < -0.39 is 0 Å². The Morgan fingerprint density at radius 3 is 1.04 bits per heavy atom. The molecule has 0 bridgehead atoms. The molecular formula is C34H34Ar8N2O2P4. The first-order chi connectivity index (χ1) is 20.2. The van der Waals surface area contributed by atoms with Crippen molar-refractivity contribution in [1.29, 1.82) is 0 Å². The van der Waals surface area contributed by atoms with Crippen LogP contribution >= 0.6 is 37.0 Å². The summed E-state index contributed by atoms with van der Waals surface area (Å²) >= 11 is 0. The van der Waals surface area contributed by atoms with Gasteiger partial charge in [0.05, 0.1) is 14.2 Å². The maximum atomic E-state index is 5.20. The molecule has 0 aliphatic heterocycles. The average molecular weight is 946 g/mol. The third kappa shape index (κ3) is 16.4. The predicted molar refractivity (Wildman–Crippen MR) is 194 cm³/mol. The molecule has 6 rings (SSSR count). The largest absolute Gasteiger partial charge is 0.481 e. The third-order valence-corrected chi connectivity index (χ3v) is 9.13. The van der Waals surface area contributed by atoms with Gasteiger partial charge in [-0.3, -0.25) is 0 Å². The minimum absolute atomic E-state index is 0. The van der Waals surface area contributed by atoms with Crippen LogP contribution in [0.15, 0.2) is 84.9 Å². The second-order valence-corrected chi connectivity index (χ2v) is 12.4. The fourth-order valence-corrected chi connectivity index (χ4v) is 7.11. The summed E-state index contributed by atoms with van der Waals surface area (Å²) in [5.41, 5.74) is 6.57. The van der Waals surface area contributed by atoms with Crippen molar-refractivity contribution in [1.82, 2.24) is 9.97 Å². The number of fused-ring (bicyclic) bond motifs is 2. The van der Waals surface area contributed by atoms with Gasteiger partial charge in [-0.05, 0) is 67.7 Å². The van der Waals surface area contributed by atoms with E-state index in [4.69, 9.17) is 9.47 Å². The van der Waals surface area contributed by atoms with Crippen LogP contribution in [-0.4, -0.2) is 24.2 Å². The van der Waals surface area contributed by atoms with Gasteiger partial charge in [0, 0.05) is 337 Å². The minimum atomic E-state index is 0. The van der Waals surface area contributed by atoms with Crippen molar-refractivity contribution in [2.45, 2.75) is 13.8 Å². The Morgan fingerprint density at radius 2 is 0.740 bits per heavy atom. The van der Waals surface area contributed by atoms with Crippen LogP contribution in [0.2, 0.25) is 0 Å². The van der Waals surface area contributed by atoms with Crippen molar-refractivity contribution >= 4 is 79.7 Å². The van der Waals surface area contributed by atoms with Gasteiger partial charge in [-0.1, -0.05) is 72.8 Å². The number of aromatic nitrogens is 2. The number of hydrogen-bond acceptors (Lipinski definition) is 4. The minimum Gasteiger partial charge on any atom is -0.481 e. The van der Waals surface area contributed by atoms with Gasteiger partial charge in [0.25, 0.3) is 0 Å². The summed E-state index contributed by atoms with van der Waals surface area (Å²) < 4.78 is 10.4. The van der Waals surface area contributed by atoms with E-state index in [1.807, 2.05) is 26.0 Å². The molecule has 4 atom stereocenters. The molecule has 0 aliphatic carbocycles. The Kier molecular flexibility index (Phi) is 40.6. The summed E-state index contributed by atoms with van der Waals surface area (Å²) in [6.07, 6.45) is 0. The van der Waals surface area contributed by atoms with E-state index >= 15 is 0 Å². The molecule has 4 nitrogen and oxygen atoms in total. The fraction of sp³-hybridized carbons (Fsp3) is 0.118. The van der Waals surface area contributed by atoms with Crippen LogP contribution in [-0.2, 0) is 0 Å². The van der Waals surface area contributed by atoms with Crippen molar-refractivity contribution < 1.29 is 311 Å². The zero-order valence-electron chi connectivity index (χ0n) is 26.9. The quantitative estimate of drug-likeness (QED) is 0.191. The molecule has 0 saturated carbocycles. The molecule has 16 heteroatoms. The smallest absolute Gasteiger partial charge is 0.213 e. The Bertz CT molecular complexity index is 1790. The summed E-state index contributed by atoms with van der Waals surface area (Å²) in [5, 5.41) is 9.70. The van der Waals surface area contributed by atoms with Crippen LogP contribution in [0.5, 0.6) is 11.8 Å². The molecule has 6 aromatic rings. The van der Waals surface area contributed by atoms with Crippen molar-refractivity contribution in [3.63, 3.8) is 0 Å². The number of pyridine rings is 2. The number of hydrogen-bond donors (Lipinski definition) is 0. The van der Waals surface area contributed by atoms with Crippen LogP contribution in [0.25, 0.3) is 43.8 Å². The maximum Gasteiger partial charge on any atom is 0.213 e. The molecule has 0 amide bonds. The Morgan fingerprint density at radius 1 is 0.420 bits per heavy atom. The van der Waals surface area contributed by atoms with E-state index in [1.54, 1.807) is 14.2 Å². The molecule has 0 radical (unpaired) electrons. The van der Waals surface area contributed by atoms with Gasteiger partial charge in [-0.25, -0.2) is 9.97 Å². The molecule has 2 aromatic heterocycles. The molecule has 0 spiro atoms. The van der Waals surface area contributed by atoms with Crippen molar-refractivity contribution in [2.75, 3.05) is 14.2 Å². The number of aryl methyl sites for hydroxylation is 2. The van der Waals surface area contributed by atoms with Gasteiger partial charge in [-0.2, -0.15) is 0 Å². The van der Waals surface area contributed by atoms with Gasteiger partial charge in [0.2, 0.25) is 11.8 Å². The SMILES string of the molecule is COc1cc(P)c(-c2c(P)cc(OC)nc2C)c(C)n1.Pc1ccc2ccccc2c1-c1c(P)ccc2ccccc12.[Ar].[Ar].[Ar].[Ar].[Ar].[Ar].[Ar].[Ar]. The van der Waals surface area contributed by atoms with Gasteiger partial charge in [0.1, 0.15) is 0 Å². The fourth-order valence-electron chi connectivity index (χ4n) is 5.33. The maximum absolute atomic E-state index is 5.20. The summed E-state index contributed by atoms with van der Waals surface area (Å²) in [7, 11) is 14.5. The average Bonchev–Trinajstić information content (AvgIpc) is 2.98. The van der Waals surface area contributed by atoms with Crippen LogP contribution in [0, 0.1) is 316 Å². The number of nitrogens with zero attached hydrogens (tertiary/aromatic N) is 2. The second kappa shape index (κ2) is 31.9.